The summed E-state index contributed by atoms with van der Waals surface area (Å²) in [6.45, 7) is 4.85. The van der Waals surface area contributed by atoms with E-state index in [1.807, 2.05) is 42.3 Å². The number of aromatic nitrogens is 2. The van der Waals surface area contributed by atoms with Crippen molar-refractivity contribution in [3.05, 3.63) is 30.3 Å². The zero-order chi connectivity index (χ0) is 18.2. The lowest BCUT2D eigenvalue weighted by atomic mass is 10.3. The van der Waals surface area contributed by atoms with E-state index in [1.165, 1.54) is 23.1 Å². The molecule has 1 amide bonds. The zero-order valence-corrected chi connectivity index (χ0v) is 16.4. The molecule has 0 bridgehead atoms. The van der Waals surface area contributed by atoms with E-state index in [0.29, 0.717) is 12.4 Å². The van der Waals surface area contributed by atoms with Crippen LogP contribution in [0.1, 0.15) is 0 Å². The van der Waals surface area contributed by atoms with Gasteiger partial charge in [-0.05, 0) is 12.1 Å². The number of carbonyl (C=O) groups excluding carboxylic acids is 1. The van der Waals surface area contributed by atoms with Crippen molar-refractivity contribution >= 4 is 34.1 Å². The second-order valence-corrected chi connectivity index (χ2v) is 8.00. The van der Waals surface area contributed by atoms with E-state index in [9.17, 15) is 4.79 Å². The molecule has 26 heavy (non-hydrogen) atoms. The first-order valence-electron chi connectivity index (χ1n) is 8.56. The Kier molecular flexibility index (Phi) is 7.10. The molecule has 7 nitrogen and oxygen atoms in total. The Balaban J connectivity index is 1.33. The summed E-state index contributed by atoms with van der Waals surface area (Å²) in [5.74, 6) is 1.47. The Hall–Kier alpha value is -1.84. The van der Waals surface area contributed by atoms with Gasteiger partial charge in [0.2, 0.25) is 11.0 Å². The molecular formula is C17H23N5O2S2. The fourth-order valence-corrected chi connectivity index (χ4v) is 4.22. The van der Waals surface area contributed by atoms with Crippen LogP contribution >= 0.6 is 23.1 Å². The van der Waals surface area contributed by atoms with Gasteiger partial charge in [-0.1, -0.05) is 41.3 Å². The molecule has 0 saturated carbocycles. The molecule has 1 saturated heterocycles. The van der Waals surface area contributed by atoms with Crippen molar-refractivity contribution in [2.45, 2.75) is 4.34 Å². The molecule has 2 heterocycles. The third-order valence-electron chi connectivity index (χ3n) is 4.08. The number of hydrogen-bond donors (Lipinski definition) is 1. The normalized spacial score (nSPS) is 15.0. The predicted molar refractivity (Wildman–Crippen MR) is 105 cm³/mol. The third kappa shape index (κ3) is 5.58. The van der Waals surface area contributed by atoms with Gasteiger partial charge in [0, 0.05) is 39.8 Å². The standard InChI is InChI=1S/C17H23N5O2S2/c1-18-16-19-20-17(26-16)25-13-15(23)22-9-7-21(8-10-22)11-12-24-14-5-3-2-4-6-14/h2-6H,7-13H2,1H3,(H,18,19). The monoisotopic (exact) mass is 393 g/mol. The number of ether oxygens (including phenoxy) is 1. The Labute approximate surface area is 161 Å². The maximum absolute atomic E-state index is 12.4. The largest absolute Gasteiger partial charge is 0.492 e. The van der Waals surface area contributed by atoms with Crippen LogP contribution in [0.4, 0.5) is 5.13 Å². The van der Waals surface area contributed by atoms with E-state index in [0.717, 1.165) is 47.9 Å². The zero-order valence-electron chi connectivity index (χ0n) is 14.8. The fourth-order valence-electron chi connectivity index (χ4n) is 2.61. The molecule has 1 aliphatic rings. The first-order chi connectivity index (χ1) is 12.7. The minimum Gasteiger partial charge on any atom is -0.492 e. The average Bonchev–Trinajstić information content (AvgIpc) is 3.16. The van der Waals surface area contributed by atoms with Gasteiger partial charge in [0.05, 0.1) is 5.75 Å². The maximum atomic E-state index is 12.4. The van der Waals surface area contributed by atoms with E-state index in [1.54, 1.807) is 0 Å². The van der Waals surface area contributed by atoms with Crippen LogP contribution in [0.25, 0.3) is 0 Å². The number of amides is 1. The van der Waals surface area contributed by atoms with Gasteiger partial charge in [-0.2, -0.15) is 0 Å². The molecule has 1 aliphatic heterocycles. The van der Waals surface area contributed by atoms with Crippen molar-refractivity contribution in [1.82, 2.24) is 20.0 Å². The molecule has 2 aromatic rings. The number of nitrogens with zero attached hydrogens (tertiary/aromatic N) is 4. The minimum absolute atomic E-state index is 0.163. The number of piperazine rings is 1. The highest BCUT2D eigenvalue weighted by atomic mass is 32.2. The molecule has 9 heteroatoms. The first-order valence-corrected chi connectivity index (χ1v) is 10.4. The molecule has 1 aromatic heterocycles. The minimum atomic E-state index is 0.163. The summed E-state index contributed by atoms with van der Waals surface area (Å²) < 4.78 is 6.56. The predicted octanol–water partition coefficient (Wildman–Crippen LogP) is 1.90. The topological polar surface area (TPSA) is 70.6 Å². The van der Waals surface area contributed by atoms with E-state index in [-0.39, 0.29) is 5.91 Å². The molecule has 0 spiro atoms. The number of thioether (sulfide) groups is 1. The molecular weight excluding hydrogens is 370 g/mol. The van der Waals surface area contributed by atoms with Gasteiger partial charge < -0.3 is 15.0 Å². The van der Waals surface area contributed by atoms with Gasteiger partial charge >= 0.3 is 0 Å². The summed E-state index contributed by atoms with van der Waals surface area (Å²) in [5.41, 5.74) is 0. The molecule has 1 fully saturated rings. The lowest BCUT2D eigenvalue weighted by Crippen LogP contribution is -2.50. The second kappa shape index (κ2) is 9.75. The summed E-state index contributed by atoms with van der Waals surface area (Å²) in [6, 6.07) is 9.85. The lowest BCUT2D eigenvalue weighted by Gasteiger charge is -2.34. The highest BCUT2D eigenvalue weighted by molar-refractivity contribution is 8.01. The SMILES string of the molecule is CNc1nnc(SCC(=O)N2CCN(CCOc3ccccc3)CC2)s1. The first kappa shape index (κ1) is 18.9. The summed E-state index contributed by atoms with van der Waals surface area (Å²) >= 11 is 2.92. The van der Waals surface area contributed by atoms with E-state index in [2.05, 4.69) is 20.4 Å². The molecule has 0 atom stereocenters. The van der Waals surface area contributed by atoms with Crippen LogP contribution in [0.15, 0.2) is 34.7 Å². The van der Waals surface area contributed by atoms with Crippen LogP contribution in [-0.2, 0) is 4.79 Å². The fraction of sp³-hybridized carbons (Fsp3) is 0.471. The van der Waals surface area contributed by atoms with Crippen molar-refractivity contribution in [2.75, 3.05) is 57.4 Å². The molecule has 1 N–H and O–H groups in total. The van der Waals surface area contributed by atoms with Gasteiger partial charge in [-0.15, -0.1) is 10.2 Å². The maximum Gasteiger partial charge on any atom is 0.233 e. The van der Waals surface area contributed by atoms with Gasteiger partial charge in [-0.3, -0.25) is 9.69 Å². The van der Waals surface area contributed by atoms with Crippen molar-refractivity contribution in [2.24, 2.45) is 0 Å². The van der Waals surface area contributed by atoms with E-state index < -0.39 is 0 Å². The molecule has 0 aliphatic carbocycles. The summed E-state index contributed by atoms with van der Waals surface area (Å²) in [5, 5.41) is 11.8. The van der Waals surface area contributed by atoms with Crippen LogP contribution < -0.4 is 10.1 Å². The highest BCUT2D eigenvalue weighted by Gasteiger charge is 2.21. The lowest BCUT2D eigenvalue weighted by molar-refractivity contribution is -0.130. The van der Waals surface area contributed by atoms with E-state index in [4.69, 9.17) is 4.74 Å². The Morgan fingerprint density at radius 2 is 2.00 bits per heavy atom. The smallest absolute Gasteiger partial charge is 0.233 e. The Morgan fingerprint density at radius 1 is 1.23 bits per heavy atom. The van der Waals surface area contributed by atoms with Gasteiger partial charge in [0.1, 0.15) is 12.4 Å². The number of para-hydroxylation sites is 1. The Bertz CT molecular complexity index is 689. The van der Waals surface area contributed by atoms with Crippen molar-refractivity contribution in [3.63, 3.8) is 0 Å². The van der Waals surface area contributed by atoms with Crippen LogP contribution in [0, 0.1) is 0 Å². The van der Waals surface area contributed by atoms with Gasteiger partial charge in [0.15, 0.2) is 4.34 Å². The second-order valence-electron chi connectivity index (χ2n) is 5.80. The third-order valence-corrected chi connectivity index (χ3v) is 6.14. The summed E-state index contributed by atoms with van der Waals surface area (Å²) in [4.78, 5) is 16.6. The number of rotatable bonds is 8. The summed E-state index contributed by atoms with van der Waals surface area (Å²) in [6.07, 6.45) is 0. The number of carbonyl (C=O) groups is 1. The van der Waals surface area contributed by atoms with Crippen LogP contribution in [0.2, 0.25) is 0 Å². The van der Waals surface area contributed by atoms with Crippen LogP contribution in [0.5, 0.6) is 5.75 Å². The van der Waals surface area contributed by atoms with Gasteiger partial charge in [0.25, 0.3) is 0 Å². The van der Waals surface area contributed by atoms with Crippen molar-refractivity contribution in [1.29, 1.82) is 0 Å². The van der Waals surface area contributed by atoms with Crippen molar-refractivity contribution in [3.8, 4) is 5.75 Å². The number of hydrogen-bond acceptors (Lipinski definition) is 8. The number of nitrogens with one attached hydrogen (secondary N) is 1. The van der Waals surface area contributed by atoms with Gasteiger partial charge in [-0.25, -0.2) is 0 Å². The van der Waals surface area contributed by atoms with Crippen LogP contribution in [-0.4, -0.2) is 78.0 Å². The average molecular weight is 394 g/mol. The molecule has 0 unspecified atom stereocenters. The summed E-state index contributed by atoms with van der Waals surface area (Å²) in [7, 11) is 1.81. The quantitative estimate of drug-likeness (QED) is 0.687. The van der Waals surface area contributed by atoms with Crippen LogP contribution in [0.3, 0.4) is 0 Å². The Morgan fingerprint density at radius 3 is 2.69 bits per heavy atom. The number of anilines is 1. The molecule has 0 radical (unpaired) electrons. The highest BCUT2D eigenvalue weighted by Crippen LogP contribution is 2.25. The molecule has 3 rings (SSSR count). The van der Waals surface area contributed by atoms with E-state index >= 15 is 0 Å². The van der Waals surface area contributed by atoms with Crippen molar-refractivity contribution < 1.29 is 9.53 Å². The molecule has 140 valence electrons. The number of benzene rings is 1. The molecule has 1 aromatic carbocycles.